The minimum atomic E-state index is -0.821. The molecule has 0 spiro atoms. The summed E-state index contributed by atoms with van der Waals surface area (Å²) in [6.45, 7) is 0. The highest BCUT2D eigenvalue weighted by Gasteiger charge is 2.17. The molecule has 1 heterocycles. The lowest BCUT2D eigenvalue weighted by atomic mass is 10.0. The van der Waals surface area contributed by atoms with Gasteiger partial charge in [0.15, 0.2) is 11.6 Å². The number of carbonyl (C=O) groups is 1. The van der Waals surface area contributed by atoms with Gasteiger partial charge in [-0.15, -0.1) is 0 Å². The van der Waals surface area contributed by atoms with Gasteiger partial charge in [-0.05, 0) is 18.2 Å². The number of pyridine rings is 1. The lowest BCUT2D eigenvalue weighted by Gasteiger charge is -2.04. The monoisotopic (exact) mass is 251 g/mol. The van der Waals surface area contributed by atoms with Gasteiger partial charge in [0.1, 0.15) is 11.6 Å². The molecule has 2 nitrogen and oxygen atoms in total. The van der Waals surface area contributed by atoms with Gasteiger partial charge in [-0.25, -0.2) is 13.2 Å². The van der Waals surface area contributed by atoms with Crippen molar-refractivity contribution < 1.29 is 18.0 Å². The molecule has 1 aromatic heterocycles. The molecule has 0 N–H and O–H groups in total. The lowest BCUT2D eigenvalue weighted by molar-refractivity contribution is 0.0986. The Hall–Kier alpha value is -2.17. The van der Waals surface area contributed by atoms with Gasteiger partial charge in [0.2, 0.25) is 0 Å². The Morgan fingerprint density at radius 3 is 2.33 bits per heavy atom. The van der Waals surface area contributed by atoms with Crippen molar-refractivity contribution >= 4 is 5.78 Å². The summed E-state index contributed by atoms with van der Waals surface area (Å²) in [5.41, 5.74) is -0.591. The van der Waals surface area contributed by atoms with Crippen LogP contribution in [0.1, 0.15) is 15.9 Å². The quantitative estimate of drug-likeness (QED) is 0.785. The predicted molar refractivity (Wildman–Crippen MR) is 58.6 cm³/mol. The van der Waals surface area contributed by atoms with Gasteiger partial charge in [-0.3, -0.25) is 9.78 Å². The van der Waals surface area contributed by atoms with Gasteiger partial charge in [0.05, 0.1) is 11.8 Å². The molecule has 0 atom stereocenters. The molecular weight excluding hydrogens is 243 g/mol. The van der Waals surface area contributed by atoms with E-state index in [4.69, 9.17) is 0 Å². The molecule has 1 aromatic carbocycles. The van der Waals surface area contributed by atoms with E-state index in [-0.39, 0.29) is 11.1 Å². The molecule has 5 heteroatoms. The third-order valence-corrected chi connectivity index (χ3v) is 2.47. The van der Waals surface area contributed by atoms with Crippen LogP contribution in [-0.2, 0) is 6.42 Å². The first-order chi connectivity index (χ1) is 8.59. The van der Waals surface area contributed by atoms with Crippen LogP contribution < -0.4 is 0 Å². The number of rotatable bonds is 3. The smallest absolute Gasteiger partial charge is 0.170 e. The first-order valence-corrected chi connectivity index (χ1v) is 5.15. The van der Waals surface area contributed by atoms with Crippen LogP contribution in [0.15, 0.2) is 36.7 Å². The Labute approximate surface area is 101 Å². The summed E-state index contributed by atoms with van der Waals surface area (Å²) in [4.78, 5) is 15.2. The first kappa shape index (κ1) is 12.3. The van der Waals surface area contributed by atoms with Crippen LogP contribution in [0.5, 0.6) is 0 Å². The zero-order chi connectivity index (χ0) is 13.1. The van der Waals surface area contributed by atoms with Crippen molar-refractivity contribution in [1.29, 1.82) is 0 Å². The first-order valence-electron chi connectivity index (χ1n) is 5.15. The van der Waals surface area contributed by atoms with E-state index in [1.54, 1.807) is 0 Å². The fraction of sp³-hybridized carbons (Fsp3) is 0.0769. The third-order valence-electron chi connectivity index (χ3n) is 2.47. The number of nitrogens with zero attached hydrogens (tertiary/aromatic N) is 1. The van der Waals surface area contributed by atoms with Gasteiger partial charge < -0.3 is 0 Å². The van der Waals surface area contributed by atoms with Crippen molar-refractivity contribution in [1.82, 2.24) is 4.98 Å². The summed E-state index contributed by atoms with van der Waals surface area (Å²) in [5, 5.41) is 0. The Morgan fingerprint density at radius 1 is 1.06 bits per heavy atom. The number of ketones is 1. The molecule has 0 aliphatic rings. The molecule has 2 aromatic rings. The van der Waals surface area contributed by atoms with E-state index in [0.717, 1.165) is 18.3 Å². The third kappa shape index (κ3) is 2.40. The highest BCUT2D eigenvalue weighted by molar-refractivity contribution is 5.97. The molecule has 0 amide bonds. The van der Waals surface area contributed by atoms with E-state index in [9.17, 15) is 18.0 Å². The number of benzene rings is 1. The Balaban J connectivity index is 2.30. The molecule has 0 fully saturated rings. The summed E-state index contributed by atoms with van der Waals surface area (Å²) in [6, 6.07) is 4.48. The SMILES string of the molecule is O=C(Cc1c(F)cccc1F)c1ccncc1F. The van der Waals surface area contributed by atoms with Crippen molar-refractivity contribution in [2.45, 2.75) is 6.42 Å². The van der Waals surface area contributed by atoms with E-state index < -0.39 is 29.7 Å². The molecular formula is C13H8F3NO. The van der Waals surface area contributed by atoms with Crippen LogP contribution in [0.25, 0.3) is 0 Å². The van der Waals surface area contributed by atoms with Crippen molar-refractivity contribution in [3.63, 3.8) is 0 Å². The summed E-state index contributed by atoms with van der Waals surface area (Å²) < 4.78 is 39.9. The van der Waals surface area contributed by atoms with Crippen LogP contribution in [0.3, 0.4) is 0 Å². The van der Waals surface area contributed by atoms with Gasteiger partial charge in [0.25, 0.3) is 0 Å². The minimum absolute atomic E-state index is 0.229. The highest BCUT2D eigenvalue weighted by atomic mass is 19.1. The van der Waals surface area contributed by atoms with Gasteiger partial charge in [0, 0.05) is 18.2 Å². The van der Waals surface area contributed by atoms with E-state index >= 15 is 0 Å². The molecule has 0 aliphatic heterocycles. The maximum Gasteiger partial charge on any atom is 0.170 e. The standard InChI is InChI=1S/C13H8F3NO/c14-10-2-1-3-11(15)9(10)6-13(18)8-4-5-17-7-12(8)16/h1-5,7H,6H2. The van der Waals surface area contributed by atoms with Crippen molar-refractivity contribution in [2.24, 2.45) is 0 Å². The molecule has 0 saturated heterocycles. The van der Waals surface area contributed by atoms with Crippen LogP contribution >= 0.6 is 0 Å². The second kappa shape index (κ2) is 5.00. The molecule has 0 bridgehead atoms. The summed E-state index contributed by atoms with van der Waals surface area (Å²) in [6.07, 6.45) is 1.60. The molecule has 0 saturated carbocycles. The second-order valence-corrected chi connectivity index (χ2v) is 3.66. The predicted octanol–water partition coefficient (Wildman–Crippen LogP) is 2.92. The fourth-order valence-electron chi connectivity index (χ4n) is 1.56. The van der Waals surface area contributed by atoms with Gasteiger partial charge >= 0.3 is 0 Å². The number of carbonyl (C=O) groups excluding carboxylic acids is 1. The molecule has 18 heavy (non-hydrogen) atoms. The van der Waals surface area contributed by atoms with E-state index in [2.05, 4.69) is 4.98 Å². The van der Waals surface area contributed by atoms with Crippen LogP contribution in [0.2, 0.25) is 0 Å². The summed E-state index contributed by atoms with van der Waals surface area (Å²) in [7, 11) is 0. The van der Waals surface area contributed by atoms with Crippen LogP contribution in [0.4, 0.5) is 13.2 Å². The maximum atomic E-state index is 13.3. The van der Waals surface area contributed by atoms with Gasteiger partial charge in [-0.2, -0.15) is 0 Å². The van der Waals surface area contributed by atoms with Crippen molar-refractivity contribution in [3.05, 3.63) is 65.2 Å². The normalized spacial score (nSPS) is 10.4. The average Bonchev–Trinajstić information content (AvgIpc) is 2.34. The minimum Gasteiger partial charge on any atom is -0.294 e. The van der Waals surface area contributed by atoms with Gasteiger partial charge in [-0.1, -0.05) is 6.07 Å². The van der Waals surface area contributed by atoms with Crippen LogP contribution in [0, 0.1) is 17.5 Å². The highest BCUT2D eigenvalue weighted by Crippen LogP contribution is 2.16. The number of aromatic nitrogens is 1. The Kier molecular flexibility index (Phi) is 3.41. The summed E-state index contributed by atoms with van der Waals surface area (Å²) >= 11 is 0. The zero-order valence-corrected chi connectivity index (χ0v) is 9.16. The number of halogens is 3. The second-order valence-electron chi connectivity index (χ2n) is 3.66. The molecule has 0 unspecified atom stereocenters. The van der Waals surface area contributed by atoms with E-state index in [0.29, 0.717) is 0 Å². The molecule has 2 rings (SSSR count). The molecule has 92 valence electrons. The topological polar surface area (TPSA) is 30.0 Å². The summed E-state index contributed by atoms with van der Waals surface area (Å²) in [5.74, 6) is -3.14. The van der Waals surface area contributed by atoms with Crippen molar-refractivity contribution in [2.75, 3.05) is 0 Å². The van der Waals surface area contributed by atoms with Crippen molar-refractivity contribution in [3.8, 4) is 0 Å². The number of hydrogen-bond donors (Lipinski definition) is 0. The average molecular weight is 251 g/mol. The Bertz CT molecular complexity index is 578. The number of hydrogen-bond acceptors (Lipinski definition) is 2. The Morgan fingerprint density at radius 2 is 1.72 bits per heavy atom. The number of Topliss-reactive ketones (excluding diaryl/α,β-unsaturated/α-hetero) is 1. The maximum absolute atomic E-state index is 13.3. The zero-order valence-electron chi connectivity index (χ0n) is 9.16. The van der Waals surface area contributed by atoms with E-state index in [1.807, 2.05) is 0 Å². The largest absolute Gasteiger partial charge is 0.294 e. The fourth-order valence-corrected chi connectivity index (χ4v) is 1.56. The molecule has 0 aliphatic carbocycles. The molecule has 0 radical (unpaired) electrons. The van der Waals surface area contributed by atoms with Crippen LogP contribution in [-0.4, -0.2) is 10.8 Å². The van der Waals surface area contributed by atoms with E-state index in [1.165, 1.54) is 18.3 Å². The lowest BCUT2D eigenvalue weighted by Crippen LogP contribution is -2.09.